The number of nitrogens with one attached hydrogen (secondary N) is 1. The van der Waals surface area contributed by atoms with Gasteiger partial charge in [0.1, 0.15) is 0 Å². The summed E-state index contributed by atoms with van der Waals surface area (Å²) < 4.78 is 21.7. The minimum atomic E-state index is -3.01. The lowest BCUT2D eigenvalue weighted by Crippen LogP contribution is -2.41. The van der Waals surface area contributed by atoms with Crippen LogP contribution in [-0.2, 0) is 9.84 Å². The molecular formula is C8H16ClNO2S. The van der Waals surface area contributed by atoms with Crippen molar-refractivity contribution in [1.29, 1.82) is 0 Å². The minimum Gasteiger partial charge on any atom is -0.312 e. The average molecular weight is 226 g/mol. The summed E-state index contributed by atoms with van der Waals surface area (Å²) in [6, 6.07) is 0. The zero-order chi connectivity index (χ0) is 10.5. The molecule has 0 saturated heterocycles. The lowest BCUT2D eigenvalue weighted by Gasteiger charge is -2.22. The maximum atomic E-state index is 11.2. The molecule has 0 atom stereocenters. The van der Waals surface area contributed by atoms with Gasteiger partial charge in [-0.15, -0.1) is 0 Å². The summed E-state index contributed by atoms with van der Waals surface area (Å²) in [5.41, 5.74) is 1.40. The molecule has 3 nitrogen and oxygen atoms in total. The maximum absolute atomic E-state index is 11.2. The molecule has 78 valence electrons. The van der Waals surface area contributed by atoms with Crippen LogP contribution >= 0.6 is 11.6 Å². The Balaban J connectivity index is 4.05. The van der Waals surface area contributed by atoms with Gasteiger partial charge in [-0.1, -0.05) is 17.7 Å². The second kappa shape index (κ2) is 4.98. The maximum Gasteiger partial charge on any atom is 0.153 e. The van der Waals surface area contributed by atoms with E-state index in [9.17, 15) is 8.42 Å². The highest BCUT2D eigenvalue weighted by atomic mass is 35.5. The van der Waals surface area contributed by atoms with E-state index in [-0.39, 0.29) is 0 Å². The van der Waals surface area contributed by atoms with Gasteiger partial charge in [-0.25, -0.2) is 8.42 Å². The summed E-state index contributed by atoms with van der Waals surface area (Å²) in [6.07, 6.45) is 2.96. The van der Waals surface area contributed by atoms with Crippen molar-refractivity contribution in [2.45, 2.75) is 18.6 Å². The Bertz CT molecular complexity index is 270. The fraction of sp³-hybridized carbons (Fsp3) is 0.750. The largest absolute Gasteiger partial charge is 0.312 e. The van der Waals surface area contributed by atoms with Gasteiger partial charge in [-0.3, -0.25) is 0 Å². The molecule has 0 bridgehead atoms. The molecule has 5 heteroatoms. The van der Waals surface area contributed by atoms with Gasteiger partial charge < -0.3 is 5.32 Å². The van der Waals surface area contributed by atoms with E-state index in [1.165, 1.54) is 11.8 Å². The predicted molar refractivity (Wildman–Crippen MR) is 56.8 cm³/mol. The van der Waals surface area contributed by atoms with Gasteiger partial charge in [0.25, 0.3) is 0 Å². The van der Waals surface area contributed by atoms with Gasteiger partial charge >= 0.3 is 0 Å². The third-order valence-electron chi connectivity index (χ3n) is 1.91. The molecule has 0 radical (unpaired) electrons. The Morgan fingerprint density at radius 2 is 2.00 bits per heavy atom. The average Bonchev–Trinajstić information content (AvgIpc) is 1.96. The van der Waals surface area contributed by atoms with Gasteiger partial charge in [-0.2, -0.15) is 0 Å². The van der Waals surface area contributed by atoms with Crippen molar-refractivity contribution in [3.05, 3.63) is 11.6 Å². The van der Waals surface area contributed by atoms with Gasteiger partial charge in [0.2, 0.25) is 0 Å². The number of sulfone groups is 1. The third-order valence-corrected chi connectivity index (χ3v) is 4.24. The molecular weight excluding hydrogens is 210 g/mol. The molecule has 0 aliphatic rings. The van der Waals surface area contributed by atoms with Crippen molar-refractivity contribution < 1.29 is 8.42 Å². The number of rotatable bonds is 5. The summed E-state index contributed by atoms with van der Waals surface area (Å²) in [5.74, 6) is 0. The Morgan fingerprint density at radius 1 is 1.46 bits per heavy atom. The lowest BCUT2D eigenvalue weighted by atomic mass is 10.2. The minimum absolute atomic E-state index is 0.424. The topological polar surface area (TPSA) is 46.2 Å². The smallest absolute Gasteiger partial charge is 0.153 e. The highest BCUT2D eigenvalue weighted by Crippen LogP contribution is 2.12. The van der Waals surface area contributed by atoms with Gasteiger partial charge in [0.15, 0.2) is 9.84 Å². The van der Waals surface area contributed by atoms with Crippen LogP contribution in [0, 0.1) is 0 Å². The zero-order valence-corrected chi connectivity index (χ0v) is 9.74. The molecule has 0 saturated carbocycles. The molecule has 0 aliphatic heterocycles. The molecule has 0 aliphatic carbocycles. The van der Waals surface area contributed by atoms with Crippen LogP contribution in [0.5, 0.6) is 0 Å². The van der Waals surface area contributed by atoms with E-state index >= 15 is 0 Å². The summed E-state index contributed by atoms with van der Waals surface area (Å²) in [7, 11) is -3.01. The van der Waals surface area contributed by atoms with Crippen LogP contribution in [0.15, 0.2) is 11.6 Å². The zero-order valence-electron chi connectivity index (χ0n) is 8.17. The van der Waals surface area contributed by atoms with Crippen molar-refractivity contribution in [2.24, 2.45) is 0 Å². The fourth-order valence-corrected chi connectivity index (χ4v) is 1.09. The van der Waals surface area contributed by atoms with Crippen LogP contribution in [0.2, 0.25) is 0 Å². The molecule has 0 spiro atoms. The Labute approximate surface area is 85.1 Å². The van der Waals surface area contributed by atoms with E-state index in [1.54, 1.807) is 19.9 Å². The Hall–Kier alpha value is -0.0600. The summed E-state index contributed by atoms with van der Waals surface area (Å²) in [4.78, 5) is 0. The molecule has 0 heterocycles. The first kappa shape index (κ1) is 12.9. The van der Waals surface area contributed by atoms with E-state index in [4.69, 9.17) is 11.6 Å². The van der Waals surface area contributed by atoms with Gasteiger partial charge in [-0.05, 0) is 13.8 Å². The summed E-state index contributed by atoms with van der Waals surface area (Å²) in [5, 5.41) is 2.98. The Morgan fingerprint density at radius 3 is 2.38 bits per heavy atom. The van der Waals surface area contributed by atoms with Crippen LogP contribution in [0.1, 0.15) is 13.8 Å². The number of hydrogen-bond donors (Lipinski definition) is 1. The van der Waals surface area contributed by atoms with Crippen LogP contribution in [-0.4, -0.2) is 32.5 Å². The normalized spacial score (nSPS) is 13.8. The van der Waals surface area contributed by atoms with Crippen LogP contribution in [0.25, 0.3) is 0 Å². The molecule has 0 aromatic rings. The predicted octanol–water partition coefficient (Wildman–Crippen LogP) is 1.15. The van der Waals surface area contributed by atoms with Crippen molar-refractivity contribution >= 4 is 21.4 Å². The fourth-order valence-electron chi connectivity index (χ4n) is 0.632. The highest BCUT2D eigenvalue weighted by Gasteiger charge is 2.29. The first-order valence-corrected chi connectivity index (χ1v) is 6.29. The van der Waals surface area contributed by atoms with Crippen molar-refractivity contribution in [2.75, 3.05) is 19.3 Å². The molecule has 0 aromatic carbocycles. The molecule has 0 amide bonds. The second-order valence-corrected chi connectivity index (χ2v) is 6.43. The van der Waals surface area contributed by atoms with Crippen molar-refractivity contribution in [3.63, 3.8) is 0 Å². The lowest BCUT2D eigenvalue weighted by molar-refractivity contribution is 0.531. The van der Waals surface area contributed by atoms with E-state index < -0.39 is 14.6 Å². The van der Waals surface area contributed by atoms with Crippen molar-refractivity contribution in [1.82, 2.24) is 5.32 Å². The summed E-state index contributed by atoms with van der Waals surface area (Å²) >= 11 is 5.30. The van der Waals surface area contributed by atoms with E-state index in [0.717, 1.165) is 0 Å². The first-order valence-electron chi connectivity index (χ1n) is 3.97. The standard InChI is InChI=1S/C8H16ClNO2S/c1-8(2,13(3,11)12)7-10-6-4-5-9/h4-5,10H,6-7H2,1-3H3/b5-4+. The first-order chi connectivity index (χ1) is 5.81. The van der Waals surface area contributed by atoms with Crippen molar-refractivity contribution in [3.8, 4) is 0 Å². The van der Waals surface area contributed by atoms with Crippen LogP contribution in [0.4, 0.5) is 0 Å². The highest BCUT2D eigenvalue weighted by molar-refractivity contribution is 7.92. The number of hydrogen-bond acceptors (Lipinski definition) is 3. The van der Waals surface area contributed by atoms with E-state index in [1.807, 2.05) is 0 Å². The molecule has 0 unspecified atom stereocenters. The monoisotopic (exact) mass is 225 g/mol. The van der Waals surface area contributed by atoms with Crippen LogP contribution < -0.4 is 5.32 Å². The van der Waals surface area contributed by atoms with Gasteiger partial charge in [0, 0.05) is 24.9 Å². The molecule has 1 N–H and O–H groups in total. The molecule has 0 aromatic heterocycles. The molecule has 13 heavy (non-hydrogen) atoms. The number of halogens is 1. The molecule has 0 fully saturated rings. The Kier molecular flexibility index (Phi) is 4.96. The SMILES string of the molecule is CC(C)(CNC/C=C/Cl)S(C)(=O)=O. The van der Waals surface area contributed by atoms with Crippen LogP contribution in [0.3, 0.4) is 0 Å². The summed E-state index contributed by atoms with van der Waals surface area (Å²) in [6.45, 7) is 4.40. The van der Waals surface area contributed by atoms with E-state index in [2.05, 4.69) is 5.32 Å². The molecule has 0 rings (SSSR count). The van der Waals surface area contributed by atoms with E-state index in [0.29, 0.717) is 13.1 Å². The third kappa shape index (κ3) is 4.64. The van der Waals surface area contributed by atoms with Gasteiger partial charge in [0.05, 0.1) is 4.75 Å². The second-order valence-electron chi connectivity index (χ2n) is 3.52. The quantitative estimate of drug-likeness (QED) is 0.715.